The summed E-state index contributed by atoms with van der Waals surface area (Å²) in [6.45, 7) is 0. The van der Waals surface area contributed by atoms with E-state index in [1.807, 2.05) is 0 Å². The summed E-state index contributed by atoms with van der Waals surface area (Å²) in [6, 6.07) is 9.51. The Morgan fingerprint density at radius 3 is 2.41 bits per heavy atom. The van der Waals surface area contributed by atoms with Gasteiger partial charge in [-0.2, -0.15) is 5.26 Å². The van der Waals surface area contributed by atoms with Crippen LogP contribution in [0.1, 0.15) is 5.56 Å². The van der Waals surface area contributed by atoms with E-state index < -0.39 is 5.82 Å². The van der Waals surface area contributed by atoms with Gasteiger partial charge in [0.2, 0.25) is 5.75 Å². The van der Waals surface area contributed by atoms with E-state index in [0.717, 1.165) is 5.39 Å². The van der Waals surface area contributed by atoms with Crippen LogP contribution < -0.4 is 19.9 Å². The second kappa shape index (κ2) is 8.29. The Morgan fingerprint density at radius 1 is 1.03 bits per heavy atom. The van der Waals surface area contributed by atoms with Crippen LogP contribution in [0.5, 0.6) is 17.2 Å². The van der Waals surface area contributed by atoms with Gasteiger partial charge in [0, 0.05) is 28.3 Å². The molecule has 0 amide bonds. The molecule has 2 aromatic carbocycles. The van der Waals surface area contributed by atoms with Gasteiger partial charge in [-0.15, -0.1) is 0 Å². The number of anilines is 1. The van der Waals surface area contributed by atoms with Gasteiger partial charge in [-0.1, -0.05) is 11.6 Å². The second-order valence-corrected chi connectivity index (χ2v) is 7.23. The SMILES string of the molecule is COc1cc2c(-c3cc(-c4ccc(F)cc4Cl)c(C#N)c(N)n3)c[nH]c2c(OC)c1OC. The van der Waals surface area contributed by atoms with Crippen LogP contribution in [-0.2, 0) is 0 Å². The molecule has 0 saturated heterocycles. The van der Waals surface area contributed by atoms with Crippen LogP contribution in [-0.4, -0.2) is 31.3 Å². The zero-order valence-corrected chi connectivity index (χ0v) is 18.2. The van der Waals surface area contributed by atoms with E-state index in [0.29, 0.717) is 45.1 Å². The summed E-state index contributed by atoms with van der Waals surface area (Å²) in [7, 11) is 4.59. The smallest absolute Gasteiger partial charge is 0.205 e. The Labute approximate surface area is 188 Å². The molecule has 162 valence electrons. The molecule has 2 aromatic heterocycles. The van der Waals surface area contributed by atoms with E-state index in [2.05, 4.69) is 16.0 Å². The number of benzene rings is 2. The van der Waals surface area contributed by atoms with E-state index in [-0.39, 0.29) is 16.4 Å². The fourth-order valence-electron chi connectivity index (χ4n) is 3.69. The van der Waals surface area contributed by atoms with E-state index in [1.54, 1.807) is 18.3 Å². The molecule has 0 atom stereocenters. The Morgan fingerprint density at radius 2 is 1.78 bits per heavy atom. The summed E-state index contributed by atoms with van der Waals surface area (Å²) < 4.78 is 30.0. The number of aromatic nitrogens is 2. The first-order valence-electron chi connectivity index (χ1n) is 9.39. The number of pyridine rings is 1. The van der Waals surface area contributed by atoms with Crippen molar-refractivity contribution in [3.63, 3.8) is 0 Å². The zero-order valence-electron chi connectivity index (χ0n) is 17.4. The molecule has 0 radical (unpaired) electrons. The largest absolute Gasteiger partial charge is 0.493 e. The number of H-pyrrole nitrogens is 1. The number of nitrogens with two attached hydrogens (primary N) is 1. The predicted octanol–water partition coefficient (Wildman–Crippen LogP) is 5.17. The zero-order chi connectivity index (χ0) is 23.0. The van der Waals surface area contributed by atoms with Gasteiger partial charge in [0.1, 0.15) is 23.3 Å². The van der Waals surface area contributed by atoms with E-state index >= 15 is 0 Å². The molecular formula is C23H18ClFN4O3. The summed E-state index contributed by atoms with van der Waals surface area (Å²) in [5, 5.41) is 10.6. The average Bonchev–Trinajstić information content (AvgIpc) is 3.20. The number of aromatic amines is 1. The van der Waals surface area contributed by atoms with Crippen molar-refractivity contribution in [3.05, 3.63) is 52.9 Å². The summed E-state index contributed by atoms with van der Waals surface area (Å²) in [6.07, 6.45) is 1.75. The molecule has 2 heterocycles. The quantitative estimate of drug-likeness (QED) is 0.432. The van der Waals surface area contributed by atoms with Crippen molar-refractivity contribution in [2.75, 3.05) is 27.1 Å². The van der Waals surface area contributed by atoms with Crippen LogP contribution in [0.25, 0.3) is 33.3 Å². The van der Waals surface area contributed by atoms with Crippen molar-refractivity contribution in [2.24, 2.45) is 0 Å². The summed E-state index contributed by atoms with van der Waals surface area (Å²) in [5.41, 5.74) is 9.04. The molecule has 0 bridgehead atoms. The lowest BCUT2D eigenvalue weighted by Gasteiger charge is -2.14. The van der Waals surface area contributed by atoms with Crippen LogP contribution in [0.4, 0.5) is 10.2 Å². The number of fused-ring (bicyclic) bond motifs is 1. The summed E-state index contributed by atoms with van der Waals surface area (Å²) >= 11 is 6.27. The normalized spacial score (nSPS) is 10.8. The maximum absolute atomic E-state index is 13.6. The maximum Gasteiger partial charge on any atom is 0.205 e. The fourth-order valence-corrected chi connectivity index (χ4v) is 3.96. The van der Waals surface area contributed by atoms with Crippen LogP contribution in [0.15, 0.2) is 36.5 Å². The van der Waals surface area contributed by atoms with E-state index in [1.165, 1.54) is 39.5 Å². The first kappa shape index (κ1) is 21.3. The minimum Gasteiger partial charge on any atom is -0.493 e. The van der Waals surface area contributed by atoms with Gasteiger partial charge in [0.25, 0.3) is 0 Å². The van der Waals surface area contributed by atoms with Crippen molar-refractivity contribution in [1.82, 2.24) is 9.97 Å². The Kier molecular flexibility index (Phi) is 5.51. The fraction of sp³-hybridized carbons (Fsp3) is 0.130. The first-order valence-corrected chi connectivity index (χ1v) is 9.77. The molecular weight excluding hydrogens is 435 g/mol. The topological polar surface area (TPSA) is 106 Å². The molecule has 4 aromatic rings. The van der Waals surface area contributed by atoms with Gasteiger partial charge in [0.05, 0.1) is 37.6 Å². The lowest BCUT2D eigenvalue weighted by atomic mass is 9.98. The highest BCUT2D eigenvalue weighted by molar-refractivity contribution is 6.33. The second-order valence-electron chi connectivity index (χ2n) is 6.82. The maximum atomic E-state index is 13.6. The van der Waals surface area contributed by atoms with Crippen LogP contribution in [0.3, 0.4) is 0 Å². The van der Waals surface area contributed by atoms with E-state index in [4.69, 9.17) is 31.5 Å². The van der Waals surface area contributed by atoms with Gasteiger partial charge in [0.15, 0.2) is 11.5 Å². The lowest BCUT2D eigenvalue weighted by Crippen LogP contribution is -2.00. The number of halogens is 2. The minimum absolute atomic E-state index is 0.0298. The van der Waals surface area contributed by atoms with Gasteiger partial charge < -0.3 is 24.9 Å². The average molecular weight is 453 g/mol. The molecule has 0 unspecified atom stereocenters. The Balaban J connectivity index is 2.01. The molecule has 0 aliphatic carbocycles. The number of nitrogens with one attached hydrogen (secondary N) is 1. The molecule has 3 N–H and O–H groups in total. The number of hydrogen-bond acceptors (Lipinski definition) is 6. The number of nitriles is 1. The number of rotatable bonds is 5. The summed E-state index contributed by atoms with van der Waals surface area (Å²) in [5.74, 6) is 0.936. The van der Waals surface area contributed by atoms with Gasteiger partial charge in [-0.25, -0.2) is 9.37 Å². The third-order valence-electron chi connectivity index (χ3n) is 5.14. The van der Waals surface area contributed by atoms with Crippen LogP contribution in [0.2, 0.25) is 5.02 Å². The number of nitrogens with zero attached hydrogens (tertiary/aromatic N) is 2. The molecule has 0 aliphatic heterocycles. The third kappa shape index (κ3) is 3.33. The third-order valence-corrected chi connectivity index (χ3v) is 5.45. The molecule has 0 aliphatic rings. The standard InChI is InChI=1S/C23H18ClFN4O3/c1-30-19-8-14-16(10-28-20(14)22(32-3)21(19)31-2)18-7-13(15(9-26)23(27)29-18)12-5-4-11(25)6-17(12)24/h4-8,10,28H,1-3H3,(H2,27,29). The first-order chi connectivity index (χ1) is 15.4. The Hall–Kier alpha value is -3.96. The van der Waals surface area contributed by atoms with E-state index in [9.17, 15) is 9.65 Å². The molecule has 0 fully saturated rings. The van der Waals surface area contributed by atoms with Crippen molar-refractivity contribution in [3.8, 4) is 45.7 Å². The monoisotopic (exact) mass is 452 g/mol. The Bertz CT molecular complexity index is 1390. The van der Waals surface area contributed by atoms with Crippen molar-refractivity contribution in [2.45, 2.75) is 0 Å². The van der Waals surface area contributed by atoms with Crippen LogP contribution >= 0.6 is 11.6 Å². The molecule has 7 nitrogen and oxygen atoms in total. The highest BCUT2D eigenvalue weighted by Crippen LogP contribution is 2.46. The van der Waals surface area contributed by atoms with Crippen molar-refractivity contribution in [1.29, 1.82) is 5.26 Å². The van der Waals surface area contributed by atoms with Crippen molar-refractivity contribution >= 4 is 28.3 Å². The number of hydrogen-bond donors (Lipinski definition) is 2. The highest BCUT2D eigenvalue weighted by Gasteiger charge is 2.22. The highest BCUT2D eigenvalue weighted by atomic mass is 35.5. The number of nitrogen functional groups attached to an aromatic ring is 1. The molecule has 4 rings (SSSR count). The molecule has 9 heteroatoms. The lowest BCUT2D eigenvalue weighted by molar-refractivity contribution is 0.327. The summed E-state index contributed by atoms with van der Waals surface area (Å²) in [4.78, 5) is 7.61. The number of methoxy groups -OCH3 is 3. The predicted molar refractivity (Wildman–Crippen MR) is 121 cm³/mol. The molecule has 0 saturated carbocycles. The molecule has 32 heavy (non-hydrogen) atoms. The van der Waals surface area contributed by atoms with Gasteiger partial charge in [-0.05, 0) is 30.3 Å². The van der Waals surface area contributed by atoms with Gasteiger partial charge in [-0.3, -0.25) is 0 Å². The minimum atomic E-state index is -0.482. The number of ether oxygens (including phenoxy) is 3. The van der Waals surface area contributed by atoms with Crippen LogP contribution in [0, 0.1) is 17.1 Å². The van der Waals surface area contributed by atoms with Gasteiger partial charge >= 0.3 is 0 Å². The molecule has 0 spiro atoms. The van der Waals surface area contributed by atoms with Crippen molar-refractivity contribution < 1.29 is 18.6 Å².